The van der Waals surface area contributed by atoms with E-state index in [0.29, 0.717) is 16.5 Å². The van der Waals surface area contributed by atoms with Crippen LogP contribution in [0.5, 0.6) is 0 Å². The normalized spacial score (nSPS) is 19.1. The first kappa shape index (κ1) is 15.9. The molecule has 4 nitrogen and oxygen atoms in total. The molecule has 21 heavy (non-hydrogen) atoms. The maximum absolute atomic E-state index is 13.5. The number of rotatable bonds is 4. The third-order valence-corrected chi connectivity index (χ3v) is 3.84. The van der Waals surface area contributed by atoms with E-state index in [1.165, 1.54) is 12.1 Å². The Balaban J connectivity index is 2.24. The lowest BCUT2D eigenvalue weighted by Crippen LogP contribution is -2.58. The Kier molecular flexibility index (Phi) is 4.98. The van der Waals surface area contributed by atoms with E-state index < -0.39 is 6.04 Å². The minimum Gasteiger partial charge on any atom is -0.345 e. The van der Waals surface area contributed by atoms with E-state index >= 15 is 0 Å². The monoisotopic (exact) mass is 356 g/mol. The molecule has 1 saturated heterocycles. The van der Waals surface area contributed by atoms with Crippen LogP contribution in [-0.2, 0) is 16.1 Å². The molecule has 1 aliphatic rings. The third kappa shape index (κ3) is 4.03. The number of hydrogen-bond acceptors (Lipinski definition) is 2. The molecule has 2 amide bonds. The number of nitrogens with zero attached hydrogens (tertiary/aromatic N) is 1. The van der Waals surface area contributed by atoms with Gasteiger partial charge in [0.1, 0.15) is 11.9 Å². The Labute approximate surface area is 131 Å². The number of hydrogen-bond donors (Lipinski definition) is 1. The van der Waals surface area contributed by atoms with Crippen molar-refractivity contribution < 1.29 is 14.0 Å². The predicted octanol–water partition coefficient (Wildman–Crippen LogP) is 2.46. The summed E-state index contributed by atoms with van der Waals surface area (Å²) in [7, 11) is 0. The average molecular weight is 357 g/mol. The summed E-state index contributed by atoms with van der Waals surface area (Å²) in [6.45, 7) is 4.25. The Morgan fingerprint density at radius 3 is 2.71 bits per heavy atom. The standard InChI is InChI=1S/C15H18BrFN2O2/c1-9(2)3-13-15(21)18-7-14(20)19(13)8-10-4-11(16)6-12(17)5-10/h4-6,9,13H,3,7-8H2,1-2H3,(H,18,21). The van der Waals surface area contributed by atoms with Crippen LogP contribution >= 0.6 is 15.9 Å². The summed E-state index contributed by atoms with van der Waals surface area (Å²) in [6, 6.07) is 4.01. The highest BCUT2D eigenvalue weighted by Crippen LogP contribution is 2.21. The number of piperazine rings is 1. The van der Waals surface area contributed by atoms with Crippen molar-refractivity contribution in [3.63, 3.8) is 0 Å². The Hall–Kier alpha value is -1.43. The Bertz CT molecular complexity index is 542. The Morgan fingerprint density at radius 1 is 1.38 bits per heavy atom. The highest BCUT2D eigenvalue weighted by molar-refractivity contribution is 9.10. The largest absolute Gasteiger partial charge is 0.345 e. The first-order valence-corrected chi connectivity index (χ1v) is 7.68. The van der Waals surface area contributed by atoms with Gasteiger partial charge in [-0.15, -0.1) is 0 Å². The van der Waals surface area contributed by atoms with Crippen molar-refractivity contribution in [2.24, 2.45) is 5.92 Å². The van der Waals surface area contributed by atoms with Crippen molar-refractivity contribution in [2.75, 3.05) is 6.54 Å². The van der Waals surface area contributed by atoms with Crippen molar-refractivity contribution in [1.29, 1.82) is 0 Å². The molecule has 1 aliphatic heterocycles. The van der Waals surface area contributed by atoms with Gasteiger partial charge in [0.15, 0.2) is 0 Å². The van der Waals surface area contributed by atoms with E-state index in [0.717, 1.165) is 0 Å². The summed E-state index contributed by atoms with van der Waals surface area (Å²) in [5.41, 5.74) is 0.665. The molecular weight excluding hydrogens is 339 g/mol. The number of halogens is 2. The van der Waals surface area contributed by atoms with Crippen LogP contribution in [0.3, 0.4) is 0 Å². The SMILES string of the molecule is CC(C)CC1C(=O)NCC(=O)N1Cc1cc(F)cc(Br)c1. The lowest BCUT2D eigenvalue weighted by atomic mass is 9.99. The van der Waals surface area contributed by atoms with E-state index in [1.807, 2.05) is 13.8 Å². The van der Waals surface area contributed by atoms with Crippen LogP contribution in [0.4, 0.5) is 4.39 Å². The summed E-state index contributed by atoms with van der Waals surface area (Å²) >= 11 is 3.24. The maximum atomic E-state index is 13.5. The average Bonchev–Trinajstić information content (AvgIpc) is 2.36. The molecule has 0 spiro atoms. The zero-order valence-corrected chi connectivity index (χ0v) is 13.6. The maximum Gasteiger partial charge on any atom is 0.243 e. The molecule has 1 aromatic carbocycles. The van der Waals surface area contributed by atoms with Gasteiger partial charge < -0.3 is 10.2 Å². The van der Waals surface area contributed by atoms with Crippen LogP contribution in [-0.4, -0.2) is 29.3 Å². The molecule has 0 saturated carbocycles. The lowest BCUT2D eigenvalue weighted by Gasteiger charge is -2.36. The van der Waals surface area contributed by atoms with E-state index in [-0.39, 0.29) is 36.6 Å². The molecule has 1 N–H and O–H groups in total. The second-order valence-corrected chi connectivity index (χ2v) is 6.58. The number of amides is 2. The molecule has 1 atom stereocenters. The minimum absolute atomic E-state index is 0.00388. The predicted molar refractivity (Wildman–Crippen MR) is 80.9 cm³/mol. The van der Waals surface area contributed by atoms with Crippen LogP contribution in [0.25, 0.3) is 0 Å². The van der Waals surface area contributed by atoms with E-state index in [2.05, 4.69) is 21.2 Å². The second kappa shape index (κ2) is 6.56. The van der Waals surface area contributed by atoms with Crippen LogP contribution < -0.4 is 5.32 Å². The number of carbonyl (C=O) groups is 2. The molecular formula is C15H18BrFN2O2. The van der Waals surface area contributed by atoms with Gasteiger partial charge in [-0.2, -0.15) is 0 Å². The molecule has 114 valence electrons. The topological polar surface area (TPSA) is 49.4 Å². The zero-order chi connectivity index (χ0) is 15.6. The van der Waals surface area contributed by atoms with Crippen molar-refractivity contribution >= 4 is 27.7 Å². The fourth-order valence-corrected chi connectivity index (χ4v) is 2.99. The van der Waals surface area contributed by atoms with E-state index in [9.17, 15) is 14.0 Å². The fourth-order valence-electron chi connectivity index (χ4n) is 2.48. The van der Waals surface area contributed by atoms with Gasteiger partial charge in [0, 0.05) is 11.0 Å². The molecule has 1 heterocycles. The molecule has 1 fully saturated rings. The van der Waals surface area contributed by atoms with Gasteiger partial charge in [-0.25, -0.2) is 4.39 Å². The lowest BCUT2D eigenvalue weighted by molar-refractivity contribution is -0.146. The summed E-state index contributed by atoms with van der Waals surface area (Å²) in [6.07, 6.45) is 0.591. The highest BCUT2D eigenvalue weighted by Gasteiger charge is 2.34. The number of benzene rings is 1. The summed E-state index contributed by atoms with van der Waals surface area (Å²) in [5, 5.41) is 2.61. The number of carbonyl (C=O) groups excluding carboxylic acids is 2. The van der Waals surface area contributed by atoms with Gasteiger partial charge in [-0.3, -0.25) is 9.59 Å². The number of nitrogens with one attached hydrogen (secondary N) is 1. The highest BCUT2D eigenvalue weighted by atomic mass is 79.9. The van der Waals surface area contributed by atoms with Crippen molar-refractivity contribution in [3.8, 4) is 0 Å². The van der Waals surface area contributed by atoms with Crippen molar-refractivity contribution in [3.05, 3.63) is 34.1 Å². The van der Waals surface area contributed by atoms with Crippen molar-refractivity contribution in [1.82, 2.24) is 10.2 Å². The second-order valence-electron chi connectivity index (χ2n) is 5.66. The van der Waals surface area contributed by atoms with Crippen LogP contribution in [0, 0.1) is 11.7 Å². The van der Waals surface area contributed by atoms with E-state index in [4.69, 9.17) is 0 Å². The first-order valence-electron chi connectivity index (χ1n) is 6.89. The van der Waals surface area contributed by atoms with Crippen LogP contribution in [0.1, 0.15) is 25.8 Å². The van der Waals surface area contributed by atoms with E-state index in [1.54, 1.807) is 11.0 Å². The summed E-state index contributed by atoms with van der Waals surface area (Å²) in [5.74, 6) is -0.360. The van der Waals surface area contributed by atoms with Gasteiger partial charge in [0.2, 0.25) is 11.8 Å². The third-order valence-electron chi connectivity index (χ3n) is 3.38. The fraction of sp³-hybridized carbons (Fsp3) is 0.467. The van der Waals surface area contributed by atoms with Crippen molar-refractivity contribution in [2.45, 2.75) is 32.9 Å². The van der Waals surface area contributed by atoms with Crippen LogP contribution in [0.2, 0.25) is 0 Å². The van der Waals surface area contributed by atoms with Gasteiger partial charge in [-0.1, -0.05) is 29.8 Å². The molecule has 0 aliphatic carbocycles. The zero-order valence-electron chi connectivity index (χ0n) is 12.0. The minimum atomic E-state index is -0.492. The summed E-state index contributed by atoms with van der Waals surface area (Å²) in [4.78, 5) is 25.7. The smallest absolute Gasteiger partial charge is 0.243 e. The molecule has 2 rings (SSSR count). The Morgan fingerprint density at radius 2 is 2.10 bits per heavy atom. The molecule has 1 aromatic rings. The van der Waals surface area contributed by atoms with Crippen LogP contribution in [0.15, 0.2) is 22.7 Å². The van der Waals surface area contributed by atoms with Gasteiger partial charge >= 0.3 is 0 Å². The first-order chi connectivity index (χ1) is 9.86. The molecule has 0 radical (unpaired) electrons. The quantitative estimate of drug-likeness (QED) is 0.900. The van der Waals surface area contributed by atoms with Gasteiger partial charge in [-0.05, 0) is 36.1 Å². The molecule has 0 aromatic heterocycles. The molecule has 0 bridgehead atoms. The van der Waals surface area contributed by atoms with Gasteiger partial charge in [0.05, 0.1) is 6.54 Å². The van der Waals surface area contributed by atoms with Gasteiger partial charge in [0.25, 0.3) is 0 Å². The summed E-state index contributed by atoms with van der Waals surface area (Å²) < 4.78 is 14.1. The molecule has 1 unspecified atom stereocenters. The molecule has 6 heteroatoms.